The zero-order valence-electron chi connectivity index (χ0n) is 12.2. The Hall–Kier alpha value is -1.84. The average Bonchev–Trinajstić information content (AvgIpc) is 3.15. The predicted octanol–water partition coefficient (Wildman–Crippen LogP) is 3.68. The molecule has 1 aromatic rings. The molecule has 4 nitrogen and oxygen atoms in total. The Morgan fingerprint density at radius 3 is 2.62 bits per heavy atom. The third-order valence-electron chi connectivity index (χ3n) is 4.57. The van der Waals surface area contributed by atoms with Crippen molar-refractivity contribution < 1.29 is 14.3 Å². The lowest BCUT2D eigenvalue weighted by atomic mass is 10.0. The summed E-state index contributed by atoms with van der Waals surface area (Å²) in [7, 11) is 0. The fourth-order valence-corrected chi connectivity index (χ4v) is 3.36. The molecule has 0 spiro atoms. The van der Waals surface area contributed by atoms with E-state index in [-0.39, 0.29) is 18.6 Å². The zero-order chi connectivity index (χ0) is 14.7. The lowest BCUT2D eigenvalue weighted by Gasteiger charge is -2.20. The number of carbonyl (C=O) groups excluding carboxylic acids is 2. The molecule has 1 saturated carbocycles. The number of nitrogens with zero attached hydrogens (tertiary/aromatic N) is 1. The van der Waals surface area contributed by atoms with E-state index in [2.05, 4.69) is 0 Å². The van der Waals surface area contributed by atoms with Crippen molar-refractivity contribution in [1.29, 1.82) is 0 Å². The van der Waals surface area contributed by atoms with Gasteiger partial charge in [-0.1, -0.05) is 56.0 Å². The molecule has 0 radical (unpaired) electrons. The molecule has 2 aliphatic rings. The van der Waals surface area contributed by atoms with Gasteiger partial charge < -0.3 is 4.74 Å². The second-order valence-corrected chi connectivity index (χ2v) is 5.96. The Balaban J connectivity index is 1.65. The van der Waals surface area contributed by atoms with E-state index in [0.29, 0.717) is 12.3 Å². The molecular weight excluding hydrogens is 266 g/mol. The van der Waals surface area contributed by atoms with Crippen molar-refractivity contribution in [2.75, 3.05) is 6.61 Å². The molecule has 1 saturated heterocycles. The van der Waals surface area contributed by atoms with Gasteiger partial charge in [-0.05, 0) is 17.9 Å². The minimum Gasteiger partial charge on any atom is -0.446 e. The van der Waals surface area contributed by atoms with Crippen LogP contribution in [0.3, 0.4) is 0 Å². The Labute approximate surface area is 125 Å². The van der Waals surface area contributed by atoms with Crippen molar-refractivity contribution in [3.05, 3.63) is 35.9 Å². The highest BCUT2D eigenvalue weighted by Gasteiger charge is 2.38. The summed E-state index contributed by atoms with van der Waals surface area (Å²) >= 11 is 0. The van der Waals surface area contributed by atoms with Gasteiger partial charge in [-0.15, -0.1) is 0 Å². The maximum absolute atomic E-state index is 12.4. The topological polar surface area (TPSA) is 46.6 Å². The molecule has 112 valence electrons. The van der Waals surface area contributed by atoms with Gasteiger partial charge in [0.1, 0.15) is 12.6 Å². The largest absolute Gasteiger partial charge is 0.446 e. The quantitative estimate of drug-likeness (QED) is 0.848. The highest BCUT2D eigenvalue weighted by molar-refractivity contribution is 5.93. The van der Waals surface area contributed by atoms with Crippen LogP contribution in [-0.2, 0) is 9.53 Å². The van der Waals surface area contributed by atoms with Crippen LogP contribution in [-0.4, -0.2) is 23.5 Å². The molecule has 21 heavy (non-hydrogen) atoms. The highest BCUT2D eigenvalue weighted by Crippen LogP contribution is 2.31. The van der Waals surface area contributed by atoms with E-state index >= 15 is 0 Å². The van der Waals surface area contributed by atoms with Gasteiger partial charge in [-0.2, -0.15) is 0 Å². The molecule has 0 unspecified atom stereocenters. The number of hydrogen-bond donors (Lipinski definition) is 0. The molecule has 0 bridgehead atoms. The molecule has 1 aromatic carbocycles. The fraction of sp³-hybridized carbons (Fsp3) is 0.529. The van der Waals surface area contributed by atoms with E-state index in [1.54, 1.807) is 0 Å². The number of carbonyl (C=O) groups is 2. The van der Waals surface area contributed by atoms with Crippen molar-refractivity contribution in [1.82, 2.24) is 4.90 Å². The van der Waals surface area contributed by atoms with Gasteiger partial charge in [0.25, 0.3) is 0 Å². The van der Waals surface area contributed by atoms with Crippen LogP contribution in [0.2, 0.25) is 0 Å². The van der Waals surface area contributed by atoms with Crippen LogP contribution < -0.4 is 0 Å². The van der Waals surface area contributed by atoms with E-state index in [1.165, 1.54) is 30.6 Å². The number of hydrogen-bond acceptors (Lipinski definition) is 3. The van der Waals surface area contributed by atoms with Crippen molar-refractivity contribution in [3.8, 4) is 0 Å². The standard InChI is InChI=1S/C17H21NO3/c19-16(11-10-13-6-4-5-7-13)18-15(12-21-17(18)20)14-8-2-1-3-9-14/h1-3,8-9,13,15H,4-7,10-12H2/t15-/m1/s1. The molecule has 1 atom stereocenters. The van der Waals surface area contributed by atoms with Crippen LogP contribution in [0, 0.1) is 5.92 Å². The Morgan fingerprint density at radius 2 is 1.90 bits per heavy atom. The van der Waals surface area contributed by atoms with Crippen molar-refractivity contribution in [2.24, 2.45) is 5.92 Å². The summed E-state index contributed by atoms with van der Waals surface area (Å²) in [6.07, 6.45) is 5.83. The van der Waals surface area contributed by atoms with E-state index < -0.39 is 6.09 Å². The first-order chi connectivity index (χ1) is 10.3. The fourth-order valence-electron chi connectivity index (χ4n) is 3.36. The summed E-state index contributed by atoms with van der Waals surface area (Å²) < 4.78 is 5.09. The first kappa shape index (κ1) is 14.1. The first-order valence-electron chi connectivity index (χ1n) is 7.79. The highest BCUT2D eigenvalue weighted by atomic mass is 16.6. The predicted molar refractivity (Wildman–Crippen MR) is 78.6 cm³/mol. The molecule has 0 aromatic heterocycles. The summed E-state index contributed by atoms with van der Waals surface area (Å²) in [6.45, 7) is 0.262. The molecule has 3 rings (SSSR count). The summed E-state index contributed by atoms with van der Waals surface area (Å²) in [5.74, 6) is 0.556. The van der Waals surface area contributed by atoms with E-state index in [0.717, 1.165) is 12.0 Å². The van der Waals surface area contributed by atoms with Gasteiger partial charge in [0.05, 0.1) is 0 Å². The third kappa shape index (κ3) is 3.09. The van der Waals surface area contributed by atoms with Crippen LogP contribution in [0.1, 0.15) is 50.1 Å². The molecule has 2 fully saturated rings. The summed E-state index contributed by atoms with van der Waals surface area (Å²) in [5, 5.41) is 0. The molecular formula is C17H21NO3. The van der Waals surface area contributed by atoms with Crippen molar-refractivity contribution in [3.63, 3.8) is 0 Å². The van der Waals surface area contributed by atoms with Gasteiger partial charge in [0.15, 0.2) is 0 Å². The molecule has 0 N–H and O–H groups in total. The summed E-state index contributed by atoms with van der Waals surface area (Å²) in [4.78, 5) is 25.6. The number of ether oxygens (including phenoxy) is 1. The second kappa shape index (κ2) is 6.29. The van der Waals surface area contributed by atoms with Crippen LogP contribution in [0.5, 0.6) is 0 Å². The number of cyclic esters (lactones) is 1. The van der Waals surface area contributed by atoms with Gasteiger partial charge in [0.2, 0.25) is 5.91 Å². The molecule has 1 heterocycles. The van der Waals surface area contributed by atoms with E-state index in [4.69, 9.17) is 4.74 Å². The van der Waals surface area contributed by atoms with Crippen LogP contribution >= 0.6 is 0 Å². The normalized spacial score (nSPS) is 22.6. The smallest absolute Gasteiger partial charge is 0.417 e. The van der Waals surface area contributed by atoms with Gasteiger partial charge in [0, 0.05) is 6.42 Å². The molecule has 4 heteroatoms. The zero-order valence-corrected chi connectivity index (χ0v) is 12.2. The minimum absolute atomic E-state index is 0.0988. The maximum atomic E-state index is 12.4. The third-order valence-corrected chi connectivity index (χ3v) is 4.57. The second-order valence-electron chi connectivity index (χ2n) is 5.96. The first-order valence-corrected chi connectivity index (χ1v) is 7.79. The number of benzene rings is 1. The summed E-state index contributed by atoms with van der Waals surface area (Å²) in [5.41, 5.74) is 0.956. The van der Waals surface area contributed by atoms with Gasteiger partial charge in [-0.25, -0.2) is 9.69 Å². The SMILES string of the molecule is O=C(CCC1CCCC1)N1C(=O)OC[C@@H]1c1ccccc1. The van der Waals surface area contributed by atoms with Crippen LogP contribution in [0.4, 0.5) is 4.79 Å². The van der Waals surface area contributed by atoms with Gasteiger partial charge in [-0.3, -0.25) is 4.79 Å². The molecule has 2 amide bonds. The van der Waals surface area contributed by atoms with Gasteiger partial charge >= 0.3 is 6.09 Å². The van der Waals surface area contributed by atoms with Crippen molar-refractivity contribution in [2.45, 2.75) is 44.6 Å². The number of amides is 2. The lowest BCUT2D eigenvalue weighted by molar-refractivity contribution is -0.129. The van der Waals surface area contributed by atoms with Crippen molar-refractivity contribution >= 4 is 12.0 Å². The molecule has 1 aliphatic carbocycles. The van der Waals surface area contributed by atoms with Crippen LogP contribution in [0.15, 0.2) is 30.3 Å². The molecule has 1 aliphatic heterocycles. The Kier molecular flexibility index (Phi) is 4.23. The number of rotatable bonds is 4. The van der Waals surface area contributed by atoms with Crippen LogP contribution in [0.25, 0.3) is 0 Å². The lowest BCUT2D eigenvalue weighted by Crippen LogP contribution is -2.34. The Bertz CT molecular complexity index is 508. The Morgan fingerprint density at radius 1 is 1.19 bits per heavy atom. The minimum atomic E-state index is -0.500. The van der Waals surface area contributed by atoms with E-state index in [9.17, 15) is 9.59 Å². The maximum Gasteiger partial charge on any atom is 0.417 e. The monoisotopic (exact) mass is 287 g/mol. The van der Waals surface area contributed by atoms with E-state index in [1.807, 2.05) is 30.3 Å². The summed E-state index contributed by atoms with van der Waals surface area (Å²) in [6, 6.07) is 9.36. The average molecular weight is 287 g/mol. The number of imide groups is 1.